The number of nitrogens with one attached hydrogen (secondary N) is 1. The van der Waals surface area contributed by atoms with Gasteiger partial charge in [-0.3, -0.25) is 4.90 Å². The van der Waals surface area contributed by atoms with Gasteiger partial charge in [0.05, 0.1) is 6.61 Å². The van der Waals surface area contributed by atoms with E-state index in [0.29, 0.717) is 6.61 Å². The van der Waals surface area contributed by atoms with Gasteiger partial charge in [-0.05, 0) is 41.3 Å². The molecule has 1 saturated heterocycles. The molecule has 0 spiro atoms. The van der Waals surface area contributed by atoms with Gasteiger partial charge in [0.15, 0.2) is 0 Å². The van der Waals surface area contributed by atoms with Crippen molar-refractivity contribution >= 4 is 23.1 Å². The Balaban J connectivity index is 1.61. The minimum absolute atomic E-state index is 0.00613. The predicted molar refractivity (Wildman–Crippen MR) is 116 cm³/mol. The van der Waals surface area contributed by atoms with E-state index in [-0.39, 0.29) is 5.41 Å². The first-order chi connectivity index (χ1) is 13.1. The van der Waals surface area contributed by atoms with Crippen LogP contribution in [0.25, 0.3) is 0 Å². The minimum Gasteiger partial charge on any atom is -0.377 e. The van der Waals surface area contributed by atoms with E-state index < -0.39 is 0 Å². The zero-order chi connectivity index (χ0) is 18.9. The number of rotatable bonds is 5. The number of ether oxygens (including phenoxy) is 1. The molecule has 4 rings (SSSR count). The topological polar surface area (TPSA) is 24.5 Å². The molecule has 2 aliphatic rings. The summed E-state index contributed by atoms with van der Waals surface area (Å²) in [5.74, 6) is 2.52. The molecule has 0 unspecified atom stereocenters. The van der Waals surface area contributed by atoms with E-state index in [1.807, 2.05) is 6.92 Å². The quantitative estimate of drug-likeness (QED) is 0.772. The Morgan fingerprint density at radius 3 is 2.56 bits per heavy atom. The molecule has 0 aliphatic carbocycles. The summed E-state index contributed by atoms with van der Waals surface area (Å²) in [6.07, 6.45) is 0. The highest BCUT2D eigenvalue weighted by Gasteiger charge is 2.32. The molecule has 0 aromatic heterocycles. The van der Waals surface area contributed by atoms with Crippen LogP contribution in [0.1, 0.15) is 43.0 Å². The third-order valence-corrected chi connectivity index (χ3v) is 6.71. The summed E-state index contributed by atoms with van der Waals surface area (Å²) >= 11 is 2.07. The van der Waals surface area contributed by atoms with E-state index in [1.165, 1.54) is 58.2 Å². The number of hydrogen-bond donors (Lipinski definition) is 1. The minimum atomic E-state index is -0.00613. The van der Waals surface area contributed by atoms with E-state index in [4.69, 9.17) is 4.74 Å². The number of fused-ring (bicyclic) bond motifs is 2. The van der Waals surface area contributed by atoms with Crippen LogP contribution >= 0.6 is 11.8 Å². The van der Waals surface area contributed by atoms with Crippen LogP contribution < -0.4 is 5.32 Å². The monoisotopic (exact) mass is 382 g/mol. The lowest BCUT2D eigenvalue weighted by atomic mass is 9.73. The number of nitrogens with zero attached hydrogens (tertiary/aromatic N) is 1. The second kappa shape index (κ2) is 7.86. The predicted octanol–water partition coefficient (Wildman–Crippen LogP) is 5.15. The Kier molecular flexibility index (Phi) is 5.49. The third-order valence-electron chi connectivity index (χ3n) is 5.77. The molecule has 0 atom stereocenters. The van der Waals surface area contributed by atoms with Gasteiger partial charge in [-0.15, -0.1) is 0 Å². The zero-order valence-corrected chi connectivity index (χ0v) is 17.5. The molecule has 144 valence electrons. The normalized spacial score (nSPS) is 18.5. The second-order valence-corrected chi connectivity index (χ2v) is 9.26. The number of thioether (sulfide) groups is 1. The first-order valence-corrected chi connectivity index (χ1v) is 11.1. The highest BCUT2D eigenvalue weighted by atomic mass is 32.2. The van der Waals surface area contributed by atoms with Gasteiger partial charge in [0, 0.05) is 54.5 Å². The molecular formula is C23H30N2OS. The van der Waals surface area contributed by atoms with Crippen molar-refractivity contribution in [3.63, 3.8) is 0 Å². The Morgan fingerprint density at radius 1 is 1.00 bits per heavy atom. The number of hydrogen-bond acceptors (Lipinski definition) is 4. The van der Waals surface area contributed by atoms with Crippen LogP contribution in [0.15, 0.2) is 36.4 Å². The first kappa shape index (κ1) is 18.9. The average Bonchev–Trinajstić information content (AvgIpc) is 2.67. The molecule has 1 N–H and O–H groups in total. The Bertz CT molecular complexity index is 812. The van der Waals surface area contributed by atoms with Gasteiger partial charge in [0.1, 0.15) is 0 Å². The van der Waals surface area contributed by atoms with Gasteiger partial charge < -0.3 is 10.1 Å². The van der Waals surface area contributed by atoms with Crippen molar-refractivity contribution < 1.29 is 4.74 Å². The van der Waals surface area contributed by atoms with Gasteiger partial charge in [-0.25, -0.2) is 0 Å². The lowest BCUT2D eigenvalue weighted by Gasteiger charge is -2.36. The van der Waals surface area contributed by atoms with Crippen LogP contribution in [0.5, 0.6) is 0 Å². The lowest BCUT2D eigenvalue weighted by Crippen LogP contribution is -2.32. The van der Waals surface area contributed by atoms with Gasteiger partial charge in [-0.1, -0.05) is 38.1 Å². The smallest absolute Gasteiger partial charge is 0.0717 e. The van der Waals surface area contributed by atoms with E-state index in [1.54, 1.807) is 0 Å². The van der Waals surface area contributed by atoms with Crippen LogP contribution in [0.4, 0.5) is 11.4 Å². The van der Waals surface area contributed by atoms with Crippen LogP contribution in [0, 0.1) is 0 Å². The molecule has 2 heterocycles. The highest BCUT2D eigenvalue weighted by molar-refractivity contribution is 7.99. The van der Waals surface area contributed by atoms with Crippen LogP contribution in [-0.2, 0) is 23.3 Å². The standard InChI is InChI=1S/C23H30N2OS/c1-4-26-16-18-5-7-19-22(14-18)24-21-8-6-17(13-20(21)23(19,2)3)15-25-9-11-27-12-10-25/h5-8,13-14,24H,4,9-12,15-16H2,1-3H3. The molecule has 2 aromatic rings. The molecule has 0 saturated carbocycles. The van der Waals surface area contributed by atoms with Gasteiger partial charge in [-0.2, -0.15) is 11.8 Å². The van der Waals surface area contributed by atoms with Crippen molar-refractivity contribution in [2.24, 2.45) is 0 Å². The molecule has 3 nitrogen and oxygen atoms in total. The summed E-state index contributed by atoms with van der Waals surface area (Å²) in [5.41, 5.74) is 7.85. The van der Waals surface area contributed by atoms with Gasteiger partial charge in [0.25, 0.3) is 0 Å². The first-order valence-electron chi connectivity index (χ1n) is 9.99. The number of benzene rings is 2. The fourth-order valence-electron chi connectivity index (χ4n) is 4.17. The average molecular weight is 383 g/mol. The van der Waals surface area contributed by atoms with Crippen LogP contribution in [0.3, 0.4) is 0 Å². The molecule has 2 aliphatic heterocycles. The highest BCUT2D eigenvalue weighted by Crippen LogP contribution is 2.45. The molecular weight excluding hydrogens is 352 g/mol. The Morgan fingerprint density at radius 2 is 1.78 bits per heavy atom. The molecule has 0 bridgehead atoms. The van der Waals surface area contributed by atoms with Crippen molar-refractivity contribution in [3.05, 3.63) is 58.7 Å². The van der Waals surface area contributed by atoms with Crippen molar-refractivity contribution in [3.8, 4) is 0 Å². The van der Waals surface area contributed by atoms with Crippen LogP contribution in [0.2, 0.25) is 0 Å². The van der Waals surface area contributed by atoms with Crippen LogP contribution in [-0.4, -0.2) is 36.1 Å². The van der Waals surface area contributed by atoms with Crippen molar-refractivity contribution in [1.29, 1.82) is 0 Å². The second-order valence-electron chi connectivity index (χ2n) is 8.04. The lowest BCUT2D eigenvalue weighted by molar-refractivity contribution is 0.134. The van der Waals surface area contributed by atoms with E-state index in [9.17, 15) is 0 Å². The summed E-state index contributed by atoms with van der Waals surface area (Å²) in [7, 11) is 0. The molecule has 4 heteroatoms. The molecule has 1 fully saturated rings. The van der Waals surface area contributed by atoms with E-state index in [0.717, 1.165) is 13.2 Å². The maximum absolute atomic E-state index is 5.59. The molecule has 2 aromatic carbocycles. The van der Waals surface area contributed by atoms with Crippen molar-refractivity contribution in [1.82, 2.24) is 4.90 Å². The van der Waals surface area contributed by atoms with E-state index in [2.05, 4.69) is 72.2 Å². The summed E-state index contributed by atoms with van der Waals surface area (Å²) < 4.78 is 5.59. The summed E-state index contributed by atoms with van der Waals surface area (Å²) in [5, 5.41) is 3.67. The zero-order valence-electron chi connectivity index (χ0n) is 16.7. The largest absolute Gasteiger partial charge is 0.377 e. The Labute approximate surface area is 167 Å². The fraction of sp³-hybridized carbons (Fsp3) is 0.478. The molecule has 0 radical (unpaired) electrons. The van der Waals surface area contributed by atoms with Gasteiger partial charge >= 0.3 is 0 Å². The molecule has 0 amide bonds. The fourth-order valence-corrected chi connectivity index (χ4v) is 5.15. The van der Waals surface area contributed by atoms with E-state index >= 15 is 0 Å². The van der Waals surface area contributed by atoms with Gasteiger partial charge in [0.2, 0.25) is 0 Å². The SMILES string of the molecule is CCOCc1ccc2c(c1)Nc1ccc(CN3CCSCC3)cc1C2(C)C. The summed E-state index contributed by atoms with van der Waals surface area (Å²) in [4.78, 5) is 2.58. The maximum atomic E-state index is 5.59. The molecule has 27 heavy (non-hydrogen) atoms. The summed E-state index contributed by atoms with van der Waals surface area (Å²) in [6, 6.07) is 13.7. The maximum Gasteiger partial charge on any atom is 0.0717 e. The Hall–Kier alpha value is -1.49. The number of anilines is 2. The van der Waals surface area contributed by atoms with Crippen molar-refractivity contribution in [2.45, 2.75) is 39.3 Å². The summed E-state index contributed by atoms with van der Waals surface area (Å²) in [6.45, 7) is 11.6. The third kappa shape index (κ3) is 3.89. The van der Waals surface area contributed by atoms with Crippen molar-refractivity contribution in [2.75, 3.05) is 36.5 Å².